The van der Waals surface area contributed by atoms with Gasteiger partial charge in [0, 0.05) is 6.04 Å². The van der Waals surface area contributed by atoms with Crippen LogP contribution in [-0.4, -0.2) is 23.3 Å². The summed E-state index contributed by atoms with van der Waals surface area (Å²) in [4.78, 5) is 0. The first-order valence-electron chi connectivity index (χ1n) is 15.6. The quantitative estimate of drug-likeness (QED) is 0.349. The number of aromatic hydroxyl groups is 2. The molecule has 3 heteroatoms. The maximum atomic E-state index is 11.2. The topological polar surface area (TPSA) is 52.5 Å². The van der Waals surface area contributed by atoms with Crippen molar-refractivity contribution in [2.75, 3.05) is 7.05 Å². The molecule has 1 fully saturated rings. The lowest BCUT2D eigenvalue weighted by atomic mass is 9.70. The number of hydrogen-bond acceptors (Lipinski definition) is 3. The molecule has 1 saturated carbocycles. The molecule has 0 saturated heterocycles. The van der Waals surface area contributed by atoms with Crippen molar-refractivity contribution in [2.24, 2.45) is 11.8 Å². The molecule has 1 aliphatic rings. The van der Waals surface area contributed by atoms with Crippen LogP contribution in [0.15, 0.2) is 24.3 Å². The Bertz CT molecular complexity index is 1020. The molecule has 0 radical (unpaired) electrons. The first-order valence-corrected chi connectivity index (χ1v) is 15.6. The van der Waals surface area contributed by atoms with E-state index in [1.165, 1.54) is 30.4 Å². The van der Waals surface area contributed by atoms with E-state index in [1.54, 1.807) is 0 Å². The van der Waals surface area contributed by atoms with Crippen molar-refractivity contribution in [3.05, 3.63) is 57.6 Å². The monoisotopic (exact) mass is 549 g/mol. The third kappa shape index (κ3) is 7.25. The highest BCUT2D eigenvalue weighted by molar-refractivity contribution is 5.51. The van der Waals surface area contributed by atoms with Gasteiger partial charge in [-0.1, -0.05) is 114 Å². The fourth-order valence-electron chi connectivity index (χ4n) is 6.83. The van der Waals surface area contributed by atoms with E-state index in [1.807, 2.05) is 0 Å². The zero-order valence-electron chi connectivity index (χ0n) is 28.0. The molecule has 3 rings (SSSR count). The third-order valence-corrected chi connectivity index (χ3v) is 9.07. The Hall–Kier alpha value is -2.00. The van der Waals surface area contributed by atoms with Gasteiger partial charge in [0.25, 0.3) is 0 Å². The van der Waals surface area contributed by atoms with E-state index in [0.717, 1.165) is 35.1 Å². The lowest BCUT2D eigenvalue weighted by Gasteiger charge is -2.39. The Labute approximate surface area is 246 Å². The van der Waals surface area contributed by atoms with Crippen molar-refractivity contribution < 1.29 is 10.2 Å². The van der Waals surface area contributed by atoms with Crippen LogP contribution in [0.2, 0.25) is 0 Å². The lowest BCUT2D eigenvalue weighted by Crippen LogP contribution is -2.45. The summed E-state index contributed by atoms with van der Waals surface area (Å²) >= 11 is 0. The predicted octanol–water partition coefficient (Wildman–Crippen LogP) is 9.08. The first-order chi connectivity index (χ1) is 18.1. The molecule has 0 aromatic heterocycles. The van der Waals surface area contributed by atoms with Crippen LogP contribution < -0.4 is 5.32 Å². The molecule has 0 heterocycles. The van der Waals surface area contributed by atoms with Crippen LogP contribution in [0.25, 0.3) is 0 Å². The van der Waals surface area contributed by atoms with Gasteiger partial charge < -0.3 is 15.5 Å². The van der Waals surface area contributed by atoms with Crippen molar-refractivity contribution in [3.8, 4) is 11.5 Å². The van der Waals surface area contributed by atoms with Gasteiger partial charge in [-0.3, -0.25) is 0 Å². The van der Waals surface area contributed by atoms with Crippen LogP contribution in [0.3, 0.4) is 0 Å². The van der Waals surface area contributed by atoms with Crippen molar-refractivity contribution in [1.29, 1.82) is 0 Å². The fraction of sp³-hybridized carbons (Fsp3) is 0.676. The Kier molecular flexibility index (Phi) is 9.23. The SMILES string of the molecule is CNC1C(Cc2cc(C(C)(C)C)c(O)c(C(C)(C)C)c2)CCCC1Cc1cc(C(C)(C)C)c(O)c(C(C)(C)C)c1. The molecular formula is C37H59NO2. The molecule has 3 N–H and O–H groups in total. The summed E-state index contributed by atoms with van der Waals surface area (Å²) in [7, 11) is 2.13. The number of hydrogen-bond donors (Lipinski definition) is 3. The minimum atomic E-state index is -0.119. The Morgan fingerprint density at radius 1 is 0.575 bits per heavy atom. The maximum absolute atomic E-state index is 11.2. The zero-order chi connectivity index (χ0) is 30.4. The van der Waals surface area contributed by atoms with Crippen LogP contribution >= 0.6 is 0 Å². The number of nitrogens with one attached hydrogen (secondary N) is 1. The second-order valence-electron chi connectivity index (χ2n) is 16.8. The van der Waals surface area contributed by atoms with Gasteiger partial charge in [-0.15, -0.1) is 0 Å². The standard InChI is InChI=1S/C37H59NO2/c1-34(2,3)27-19-23(20-28(32(27)39)35(4,5)6)17-25-15-14-16-26(31(25)38-13)18-24-21-29(36(7,8)9)33(40)30(22-24)37(10,11)12/h19-22,25-26,31,38-40H,14-18H2,1-13H3. The van der Waals surface area contributed by atoms with E-state index in [2.05, 4.69) is 120 Å². The minimum absolute atomic E-state index is 0.119. The number of phenols is 2. The van der Waals surface area contributed by atoms with Gasteiger partial charge in [0.1, 0.15) is 11.5 Å². The molecule has 0 bridgehead atoms. The van der Waals surface area contributed by atoms with Gasteiger partial charge in [0.05, 0.1) is 0 Å². The van der Waals surface area contributed by atoms with Crippen LogP contribution in [-0.2, 0) is 34.5 Å². The molecule has 2 atom stereocenters. The van der Waals surface area contributed by atoms with E-state index < -0.39 is 0 Å². The summed E-state index contributed by atoms with van der Waals surface area (Å²) in [5.41, 5.74) is 6.42. The van der Waals surface area contributed by atoms with Gasteiger partial charge in [-0.2, -0.15) is 0 Å². The average Bonchev–Trinajstić information content (AvgIpc) is 2.78. The van der Waals surface area contributed by atoms with Crippen molar-refractivity contribution in [3.63, 3.8) is 0 Å². The molecule has 40 heavy (non-hydrogen) atoms. The smallest absolute Gasteiger partial charge is 0.123 e. The molecule has 224 valence electrons. The van der Waals surface area contributed by atoms with Gasteiger partial charge >= 0.3 is 0 Å². The summed E-state index contributed by atoms with van der Waals surface area (Å²) in [6, 6.07) is 9.50. The Balaban J connectivity index is 1.98. The molecule has 0 aliphatic heterocycles. The molecule has 1 aliphatic carbocycles. The van der Waals surface area contributed by atoms with Crippen LogP contribution in [0, 0.1) is 11.8 Å². The van der Waals surface area contributed by atoms with Crippen LogP contribution in [0.4, 0.5) is 0 Å². The number of phenolic OH excluding ortho intramolecular Hbond substituents is 2. The molecule has 0 spiro atoms. The Morgan fingerprint density at radius 3 is 1.07 bits per heavy atom. The van der Waals surface area contributed by atoms with E-state index in [4.69, 9.17) is 0 Å². The largest absolute Gasteiger partial charge is 0.507 e. The molecule has 2 aromatic carbocycles. The first kappa shape index (κ1) is 32.5. The van der Waals surface area contributed by atoms with Gasteiger partial charge in [0.15, 0.2) is 0 Å². The molecule has 0 amide bonds. The highest BCUT2D eigenvalue weighted by atomic mass is 16.3. The second kappa shape index (κ2) is 11.3. The maximum Gasteiger partial charge on any atom is 0.123 e. The summed E-state index contributed by atoms with van der Waals surface area (Å²) < 4.78 is 0. The summed E-state index contributed by atoms with van der Waals surface area (Å²) in [5, 5.41) is 26.2. The summed E-state index contributed by atoms with van der Waals surface area (Å²) in [6.45, 7) is 26.3. The van der Waals surface area contributed by atoms with E-state index in [-0.39, 0.29) is 21.7 Å². The highest BCUT2D eigenvalue weighted by Gasteiger charge is 2.35. The third-order valence-electron chi connectivity index (χ3n) is 9.07. The van der Waals surface area contributed by atoms with Gasteiger partial charge in [-0.05, 0) is 99.6 Å². The predicted molar refractivity (Wildman–Crippen MR) is 172 cm³/mol. The number of rotatable bonds is 5. The van der Waals surface area contributed by atoms with Crippen LogP contribution in [0.5, 0.6) is 11.5 Å². The molecular weight excluding hydrogens is 490 g/mol. The molecule has 3 nitrogen and oxygen atoms in total. The fourth-order valence-corrected chi connectivity index (χ4v) is 6.83. The number of benzene rings is 2. The lowest BCUT2D eigenvalue weighted by molar-refractivity contribution is 0.189. The van der Waals surface area contributed by atoms with Crippen molar-refractivity contribution >= 4 is 0 Å². The van der Waals surface area contributed by atoms with Gasteiger partial charge in [-0.25, -0.2) is 0 Å². The van der Waals surface area contributed by atoms with E-state index >= 15 is 0 Å². The van der Waals surface area contributed by atoms with Gasteiger partial charge in [0.2, 0.25) is 0 Å². The normalized spacial score (nSPS) is 21.1. The van der Waals surface area contributed by atoms with Crippen molar-refractivity contribution in [2.45, 2.75) is 143 Å². The summed E-state index contributed by atoms with van der Waals surface area (Å²) in [6.07, 6.45) is 5.71. The molecule has 2 aromatic rings. The average molecular weight is 550 g/mol. The molecule has 2 unspecified atom stereocenters. The second-order valence-corrected chi connectivity index (χ2v) is 16.8. The zero-order valence-corrected chi connectivity index (χ0v) is 28.0. The van der Waals surface area contributed by atoms with Crippen molar-refractivity contribution in [1.82, 2.24) is 5.32 Å². The Morgan fingerprint density at radius 2 is 0.850 bits per heavy atom. The highest BCUT2D eigenvalue weighted by Crippen LogP contribution is 2.43. The summed E-state index contributed by atoms with van der Waals surface area (Å²) in [5.74, 6) is 2.00. The minimum Gasteiger partial charge on any atom is -0.507 e. The van der Waals surface area contributed by atoms with E-state index in [0.29, 0.717) is 29.4 Å². The van der Waals surface area contributed by atoms with Crippen LogP contribution in [0.1, 0.15) is 136 Å². The van der Waals surface area contributed by atoms with E-state index in [9.17, 15) is 10.2 Å².